The number of nitrogens with one attached hydrogen (secondary N) is 2. The van der Waals surface area contributed by atoms with Crippen LogP contribution in [0.4, 0.5) is 10.5 Å². The van der Waals surface area contributed by atoms with Crippen molar-refractivity contribution in [1.29, 1.82) is 0 Å². The Labute approximate surface area is 184 Å². The molecule has 0 aromatic heterocycles. The summed E-state index contributed by atoms with van der Waals surface area (Å²) in [5, 5.41) is 5.64. The van der Waals surface area contributed by atoms with Crippen molar-refractivity contribution in [3.63, 3.8) is 0 Å². The molecule has 4 amide bonds. The molecule has 8 heteroatoms. The summed E-state index contributed by atoms with van der Waals surface area (Å²) in [5.41, 5.74) is 0.540. The van der Waals surface area contributed by atoms with Crippen LogP contribution in [0, 0.1) is 11.8 Å². The number of ether oxygens (including phenoxy) is 1. The molecule has 0 radical (unpaired) electrons. The fourth-order valence-electron chi connectivity index (χ4n) is 3.98. The quantitative estimate of drug-likeness (QED) is 0.696. The van der Waals surface area contributed by atoms with Crippen LogP contribution < -0.4 is 15.4 Å². The van der Waals surface area contributed by atoms with E-state index in [9.17, 15) is 14.4 Å². The highest BCUT2D eigenvalue weighted by Crippen LogP contribution is 2.32. The summed E-state index contributed by atoms with van der Waals surface area (Å²) in [5.74, 6) is 0.812. The number of hydrogen-bond donors (Lipinski definition) is 2. The van der Waals surface area contributed by atoms with Gasteiger partial charge in [-0.05, 0) is 37.8 Å². The molecule has 170 valence electrons. The molecule has 1 aromatic rings. The summed E-state index contributed by atoms with van der Waals surface area (Å²) in [4.78, 5) is 42.2. The molecule has 3 unspecified atom stereocenters. The molecular formula is C23H34N4O4. The van der Waals surface area contributed by atoms with Gasteiger partial charge in [-0.3, -0.25) is 9.59 Å². The van der Waals surface area contributed by atoms with Gasteiger partial charge < -0.3 is 25.2 Å². The molecule has 0 bridgehead atoms. The van der Waals surface area contributed by atoms with Gasteiger partial charge in [0, 0.05) is 31.6 Å². The van der Waals surface area contributed by atoms with Crippen molar-refractivity contribution in [3.8, 4) is 5.75 Å². The molecule has 1 heterocycles. The second-order valence-corrected chi connectivity index (χ2v) is 8.60. The molecule has 1 saturated carbocycles. The zero-order chi connectivity index (χ0) is 22.5. The molecular weight excluding hydrogens is 396 g/mol. The topological polar surface area (TPSA) is 91.0 Å². The first-order valence-corrected chi connectivity index (χ1v) is 11.2. The summed E-state index contributed by atoms with van der Waals surface area (Å²) >= 11 is 0. The van der Waals surface area contributed by atoms with Crippen molar-refractivity contribution < 1.29 is 19.1 Å². The van der Waals surface area contributed by atoms with Gasteiger partial charge in [0.15, 0.2) is 0 Å². The Morgan fingerprint density at radius 3 is 2.52 bits per heavy atom. The molecule has 1 aliphatic carbocycles. The second kappa shape index (κ2) is 10.0. The number of rotatable bonds is 7. The van der Waals surface area contributed by atoms with E-state index >= 15 is 0 Å². The minimum absolute atomic E-state index is 0.0224. The number of carbonyl (C=O) groups excluding carboxylic acids is 3. The van der Waals surface area contributed by atoms with Gasteiger partial charge in [0.25, 0.3) is 0 Å². The molecule has 8 nitrogen and oxygen atoms in total. The third kappa shape index (κ3) is 5.48. The monoisotopic (exact) mass is 430 g/mol. The number of benzene rings is 1. The molecule has 2 fully saturated rings. The number of anilines is 1. The lowest BCUT2D eigenvalue weighted by atomic mass is 9.97. The highest BCUT2D eigenvalue weighted by Gasteiger charge is 2.39. The number of nitrogens with zero attached hydrogens (tertiary/aromatic N) is 2. The van der Waals surface area contributed by atoms with Gasteiger partial charge in [-0.1, -0.05) is 32.4 Å². The highest BCUT2D eigenvalue weighted by atomic mass is 16.5. The van der Waals surface area contributed by atoms with Crippen molar-refractivity contribution in [3.05, 3.63) is 24.3 Å². The van der Waals surface area contributed by atoms with Crippen LogP contribution in [-0.2, 0) is 9.59 Å². The van der Waals surface area contributed by atoms with E-state index in [4.69, 9.17) is 4.74 Å². The normalized spacial score (nSPS) is 20.6. The fraction of sp³-hybridized carbons (Fsp3) is 0.609. The van der Waals surface area contributed by atoms with Crippen LogP contribution in [0.25, 0.3) is 0 Å². The first kappa shape index (κ1) is 22.9. The van der Waals surface area contributed by atoms with E-state index < -0.39 is 12.1 Å². The average Bonchev–Trinajstić information content (AvgIpc) is 3.62. The lowest BCUT2D eigenvalue weighted by molar-refractivity contribution is -0.144. The van der Waals surface area contributed by atoms with E-state index in [0.29, 0.717) is 31.1 Å². The van der Waals surface area contributed by atoms with E-state index in [1.807, 2.05) is 31.7 Å². The summed E-state index contributed by atoms with van der Waals surface area (Å²) in [6, 6.07) is 6.02. The van der Waals surface area contributed by atoms with Crippen LogP contribution in [-0.4, -0.2) is 66.5 Å². The molecule has 0 spiro atoms. The third-order valence-electron chi connectivity index (χ3n) is 6.27. The first-order valence-electron chi connectivity index (χ1n) is 11.2. The SMILES string of the molecule is CCC(C)C(NC(=O)Nc1ccccc1OC)C(=O)N1CCN(C(=O)C2CC2)C(C)C1. The molecule has 2 aliphatic rings. The number of para-hydroxylation sites is 2. The Balaban J connectivity index is 1.64. The van der Waals surface area contributed by atoms with Crippen LogP contribution >= 0.6 is 0 Å². The van der Waals surface area contributed by atoms with E-state index in [0.717, 1.165) is 19.3 Å². The predicted octanol–water partition coefficient (Wildman–Crippen LogP) is 2.70. The molecule has 2 N–H and O–H groups in total. The van der Waals surface area contributed by atoms with E-state index in [1.54, 1.807) is 30.2 Å². The van der Waals surface area contributed by atoms with Crippen molar-refractivity contribution in [2.24, 2.45) is 11.8 Å². The Kier molecular flexibility index (Phi) is 7.41. The maximum absolute atomic E-state index is 13.3. The summed E-state index contributed by atoms with van der Waals surface area (Å²) in [6.07, 6.45) is 2.71. The van der Waals surface area contributed by atoms with Crippen molar-refractivity contribution >= 4 is 23.5 Å². The molecule has 31 heavy (non-hydrogen) atoms. The van der Waals surface area contributed by atoms with Gasteiger partial charge in [0.05, 0.1) is 12.8 Å². The van der Waals surface area contributed by atoms with E-state index in [-0.39, 0.29) is 29.7 Å². The molecule has 1 saturated heterocycles. The summed E-state index contributed by atoms with van der Waals surface area (Å²) in [7, 11) is 1.54. The summed E-state index contributed by atoms with van der Waals surface area (Å²) < 4.78 is 5.27. The van der Waals surface area contributed by atoms with Gasteiger partial charge in [0.2, 0.25) is 11.8 Å². The van der Waals surface area contributed by atoms with Crippen LogP contribution in [0.3, 0.4) is 0 Å². The van der Waals surface area contributed by atoms with Gasteiger partial charge in [-0.2, -0.15) is 0 Å². The highest BCUT2D eigenvalue weighted by molar-refractivity contribution is 5.95. The maximum Gasteiger partial charge on any atom is 0.320 e. The largest absolute Gasteiger partial charge is 0.495 e. The standard InChI is InChI=1S/C23H34N4O4/c1-5-15(2)20(25-23(30)24-18-8-6-7-9-19(18)31-4)22(29)26-12-13-27(16(3)14-26)21(28)17-10-11-17/h6-9,15-17,20H,5,10-14H2,1-4H3,(H2,24,25,30). The van der Waals surface area contributed by atoms with E-state index in [1.165, 1.54) is 0 Å². The lowest BCUT2D eigenvalue weighted by Gasteiger charge is -2.41. The van der Waals surface area contributed by atoms with E-state index in [2.05, 4.69) is 10.6 Å². The Morgan fingerprint density at radius 1 is 1.19 bits per heavy atom. The summed E-state index contributed by atoms with van der Waals surface area (Å²) in [6.45, 7) is 7.47. The predicted molar refractivity (Wildman–Crippen MR) is 119 cm³/mol. The maximum atomic E-state index is 13.3. The number of amides is 4. The first-order chi connectivity index (χ1) is 14.8. The Morgan fingerprint density at radius 2 is 1.90 bits per heavy atom. The van der Waals surface area contributed by atoms with Crippen LogP contribution in [0.5, 0.6) is 5.75 Å². The molecule has 3 atom stereocenters. The number of urea groups is 1. The van der Waals surface area contributed by atoms with Crippen LogP contribution in [0.1, 0.15) is 40.0 Å². The van der Waals surface area contributed by atoms with Gasteiger partial charge in [0.1, 0.15) is 11.8 Å². The number of hydrogen-bond acceptors (Lipinski definition) is 4. The second-order valence-electron chi connectivity index (χ2n) is 8.60. The van der Waals surface area contributed by atoms with Crippen LogP contribution in [0.15, 0.2) is 24.3 Å². The van der Waals surface area contributed by atoms with Gasteiger partial charge in [-0.25, -0.2) is 4.79 Å². The van der Waals surface area contributed by atoms with Crippen LogP contribution in [0.2, 0.25) is 0 Å². The zero-order valence-electron chi connectivity index (χ0n) is 18.9. The van der Waals surface area contributed by atoms with Crippen molar-refractivity contribution in [2.45, 2.75) is 52.1 Å². The average molecular weight is 431 g/mol. The smallest absolute Gasteiger partial charge is 0.320 e. The number of carbonyl (C=O) groups is 3. The Hall–Kier alpha value is -2.77. The number of piperazine rings is 1. The minimum Gasteiger partial charge on any atom is -0.495 e. The number of methoxy groups -OCH3 is 1. The fourth-order valence-corrected chi connectivity index (χ4v) is 3.98. The van der Waals surface area contributed by atoms with Crippen molar-refractivity contribution in [1.82, 2.24) is 15.1 Å². The van der Waals surface area contributed by atoms with Crippen molar-refractivity contribution in [2.75, 3.05) is 32.1 Å². The molecule has 1 aliphatic heterocycles. The van der Waals surface area contributed by atoms with Gasteiger partial charge in [-0.15, -0.1) is 0 Å². The Bertz CT molecular complexity index is 811. The van der Waals surface area contributed by atoms with Gasteiger partial charge >= 0.3 is 6.03 Å². The minimum atomic E-state index is -0.641. The molecule has 1 aromatic carbocycles. The lowest BCUT2D eigenvalue weighted by Crippen LogP contribution is -2.60. The zero-order valence-corrected chi connectivity index (χ0v) is 18.9. The third-order valence-corrected chi connectivity index (χ3v) is 6.27. The molecule has 3 rings (SSSR count).